The van der Waals surface area contributed by atoms with Crippen molar-refractivity contribution in [2.24, 2.45) is 5.92 Å². The molecule has 1 N–H and O–H groups in total. The van der Waals surface area contributed by atoms with Gasteiger partial charge in [-0.25, -0.2) is 0 Å². The molecule has 0 aliphatic heterocycles. The summed E-state index contributed by atoms with van der Waals surface area (Å²) in [7, 11) is 0. The van der Waals surface area contributed by atoms with Crippen LogP contribution in [-0.2, 0) is 11.6 Å². The molecule has 1 aromatic carbocycles. The van der Waals surface area contributed by atoms with Crippen LogP contribution in [0.25, 0.3) is 0 Å². The summed E-state index contributed by atoms with van der Waals surface area (Å²) in [6, 6.07) is 5.78. The predicted molar refractivity (Wildman–Crippen MR) is 70.1 cm³/mol. The van der Waals surface area contributed by atoms with Crippen molar-refractivity contribution in [3.05, 3.63) is 35.4 Å². The third kappa shape index (κ3) is 3.50. The highest BCUT2D eigenvalue weighted by molar-refractivity contribution is 5.36. The van der Waals surface area contributed by atoms with Crippen molar-refractivity contribution in [2.45, 2.75) is 38.3 Å². The summed E-state index contributed by atoms with van der Waals surface area (Å²) in [5.74, 6) is 0.553. The first-order valence-electron chi connectivity index (χ1n) is 6.72. The Balaban J connectivity index is 2.09. The van der Waals surface area contributed by atoms with Crippen molar-refractivity contribution in [1.29, 1.82) is 0 Å². The molecule has 1 aromatic rings. The Morgan fingerprint density at radius 3 is 2.47 bits per heavy atom. The Morgan fingerprint density at radius 2 is 1.95 bits per heavy atom. The number of nitrogens with one attached hydrogen (secondary N) is 1. The number of alkyl halides is 3. The van der Waals surface area contributed by atoms with E-state index in [-0.39, 0.29) is 5.41 Å². The normalized spacial score (nSPS) is 17.8. The van der Waals surface area contributed by atoms with E-state index in [1.54, 1.807) is 0 Å². The zero-order chi connectivity index (χ0) is 14.1. The van der Waals surface area contributed by atoms with Gasteiger partial charge in [-0.1, -0.05) is 32.0 Å². The van der Waals surface area contributed by atoms with E-state index in [2.05, 4.69) is 19.2 Å². The molecule has 106 valence electrons. The minimum atomic E-state index is -4.25. The van der Waals surface area contributed by atoms with Crippen molar-refractivity contribution in [2.75, 3.05) is 13.1 Å². The molecule has 1 aliphatic carbocycles. The lowest BCUT2D eigenvalue weighted by Gasteiger charge is -2.19. The Labute approximate surface area is 112 Å². The van der Waals surface area contributed by atoms with Crippen LogP contribution in [0.4, 0.5) is 13.2 Å². The van der Waals surface area contributed by atoms with Crippen LogP contribution in [0.3, 0.4) is 0 Å². The van der Waals surface area contributed by atoms with Crippen LogP contribution in [0.15, 0.2) is 24.3 Å². The molecule has 0 saturated heterocycles. The highest BCUT2D eigenvalue weighted by atomic mass is 19.4. The van der Waals surface area contributed by atoms with Crippen LogP contribution < -0.4 is 5.32 Å². The first kappa shape index (κ1) is 14.4. The first-order chi connectivity index (χ1) is 8.83. The molecule has 1 saturated carbocycles. The zero-order valence-electron chi connectivity index (χ0n) is 11.3. The van der Waals surface area contributed by atoms with Gasteiger partial charge in [0.2, 0.25) is 0 Å². The lowest BCUT2D eigenvalue weighted by molar-refractivity contribution is -0.137. The quantitative estimate of drug-likeness (QED) is 0.854. The van der Waals surface area contributed by atoms with Gasteiger partial charge in [-0.2, -0.15) is 13.2 Å². The Morgan fingerprint density at radius 1 is 1.26 bits per heavy atom. The van der Waals surface area contributed by atoms with Crippen molar-refractivity contribution in [3.8, 4) is 0 Å². The molecule has 1 nitrogen and oxygen atoms in total. The van der Waals surface area contributed by atoms with E-state index in [1.807, 2.05) is 6.07 Å². The number of hydrogen-bond acceptors (Lipinski definition) is 1. The average Bonchev–Trinajstić information content (AvgIpc) is 3.09. The second kappa shape index (κ2) is 5.16. The summed E-state index contributed by atoms with van der Waals surface area (Å²) in [6.07, 6.45) is -2.31. The number of rotatable bonds is 5. The van der Waals surface area contributed by atoms with Crippen molar-refractivity contribution in [3.63, 3.8) is 0 Å². The van der Waals surface area contributed by atoms with Crippen molar-refractivity contribution >= 4 is 0 Å². The van der Waals surface area contributed by atoms with Crippen LogP contribution in [0.5, 0.6) is 0 Å². The minimum Gasteiger partial charge on any atom is -0.316 e. The molecule has 1 fully saturated rings. The third-order valence-electron chi connectivity index (χ3n) is 3.67. The van der Waals surface area contributed by atoms with Gasteiger partial charge < -0.3 is 5.32 Å². The van der Waals surface area contributed by atoms with E-state index in [9.17, 15) is 13.2 Å². The SMILES string of the molecule is CC(C)CNCC1(c2cccc(C(F)(F)F)c2)CC1. The van der Waals surface area contributed by atoms with Gasteiger partial charge >= 0.3 is 6.18 Å². The molecule has 19 heavy (non-hydrogen) atoms. The Hall–Kier alpha value is -1.03. The molecule has 0 radical (unpaired) electrons. The van der Waals surface area contributed by atoms with Crippen LogP contribution in [0.1, 0.15) is 37.8 Å². The molecule has 0 unspecified atom stereocenters. The maximum absolute atomic E-state index is 12.7. The molecule has 0 aromatic heterocycles. The summed E-state index contributed by atoms with van der Waals surface area (Å²) in [5, 5.41) is 3.36. The molecular weight excluding hydrogens is 251 g/mol. The average molecular weight is 271 g/mol. The van der Waals surface area contributed by atoms with E-state index in [4.69, 9.17) is 0 Å². The van der Waals surface area contributed by atoms with Gasteiger partial charge in [0.05, 0.1) is 5.56 Å². The maximum atomic E-state index is 12.7. The summed E-state index contributed by atoms with van der Waals surface area (Å²) < 4.78 is 38.2. The largest absolute Gasteiger partial charge is 0.416 e. The molecule has 0 heterocycles. The number of benzene rings is 1. The van der Waals surface area contributed by atoms with Crippen LogP contribution in [0, 0.1) is 5.92 Å². The monoisotopic (exact) mass is 271 g/mol. The van der Waals surface area contributed by atoms with Gasteiger partial charge in [0.1, 0.15) is 0 Å². The highest BCUT2D eigenvalue weighted by Gasteiger charge is 2.44. The summed E-state index contributed by atoms with van der Waals surface area (Å²) in [6.45, 7) is 5.92. The summed E-state index contributed by atoms with van der Waals surface area (Å²) in [5.41, 5.74) is 0.203. The predicted octanol–water partition coefficient (Wildman–Crippen LogP) is 3.98. The maximum Gasteiger partial charge on any atom is 0.416 e. The molecular formula is C15H20F3N. The molecule has 0 bridgehead atoms. The Bertz CT molecular complexity index is 433. The fraction of sp³-hybridized carbons (Fsp3) is 0.600. The van der Waals surface area contributed by atoms with Gasteiger partial charge in [0, 0.05) is 12.0 Å². The summed E-state index contributed by atoms with van der Waals surface area (Å²) >= 11 is 0. The standard InChI is InChI=1S/C15H20F3N/c1-11(2)9-19-10-14(6-7-14)12-4-3-5-13(8-12)15(16,17)18/h3-5,8,11,19H,6-7,9-10H2,1-2H3. The fourth-order valence-corrected chi connectivity index (χ4v) is 2.34. The van der Waals surface area contributed by atoms with Crippen LogP contribution >= 0.6 is 0 Å². The fourth-order valence-electron chi connectivity index (χ4n) is 2.34. The van der Waals surface area contributed by atoms with Gasteiger partial charge in [-0.05, 0) is 36.9 Å². The second-order valence-electron chi connectivity index (χ2n) is 5.88. The molecule has 4 heteroatoms. The van der Waals surface area contributed by atoms with Crippen molar-refractivity contribution < 1.29 is 13.2 Å². The second-order valence-corrected chi connectivity index (χ2v) is 5.88. The molecule has 0 spiro atoms. The third-order valence-corrected chi connectivity index (χ3v) is 3.67. The van der Waals surface area contributed by atoms with Gasteiger partial charge in [0.25, 0.3) is 0 Å². The van der Waals surface area contributed by atoms with E-state index in [1.165, 1.54) is 12.1 Å². The van der Waals surface area contributed by atoms with E-state index >= 15 is 0 Å². The number of halogens is 3. The lowest BCUT2D eigenvalue weighted by atomic mass is 9.94. The van der Waals surface area contributed by atoms with Gasteiger partial charge in [-0.3, -0.25) is 0 Å². The first-order valence-corrected chi connectivity index (χ1v) is 6.72. The molecule has 0 atom stereocenters. The minimum absolute atomic E-state index is 0.0733. The highest BCUT2D eigenvalue weighted by Crippen LogP contribution is 2.48. The van der Waals surface area contributed by atoms with Gasteiger partial charge in [-0.15, -0.1) is 0 Å². The molecule has 2 rings (SSSR count). The Kier molecular flexibility index (Phi) is 3.90. The zero-order valence-corrected chi connectivity index (χ0v) is 11.3. The molecule has 1 aliphatic rings. The molecule has 0 amide bonds. The van der Waals surface area contributed by atoms with Gasteiger partial charge in [0.15, 0.2) is 0 Å². The lowest BCUT2D eigenvalue weighted by Crippen LogP contribution is -2.29. The van der Waals surface area contributed by atoms with Crippen LogP contribution in [0.2, 0.25) is 0 Å². The van der Waals surface area contributed by atoms with E-state index in [0.717, 1.165) is 37.6 Å². The summed E-state index contributed by atoms with van der Waals surface area (Å²) in [4.78, 5) is 0. The van der Waals surface area contributed by atoms with E-state index in [0.29, 0.717) is 5.92 Å². The topological polar surface area (TPSA) is 12.0 Å². The van der Waals surface area contributed by atoms with Crippen LogP contribution in [-0.4, -0.2) is 13.1 Å². The smallest absolute Gasteiger partial charge is 0.316 e. The van der Waals surface area contributed by atoms with E-state index < -0.39 is 11.7 Å². The number of hydrogen-bond donors (Lipinski definition) is 1. The van der Waals surface area contributed by atoms with Crippen molar-refractivity contribution in [1.82, 2.24) is 5.32 Å².